The second-order valence-electron chi connectivity index (χ2n) is 8.20. The van der Waals surface area contributed by atoms with E-state index in [1.54, 1.807) is 0 Å². The predicted octanol–water partition coefficient (Wildman–Crippen LogP) is 7.20. The third-order valence-electron chi connectivity index (χ3n) is 6.56. The zero-order valence-corrected chi connectivity index (χ0v) is 16.2. The fourth-order valence-corrected chi connectivity index (χ4v) is 5.06. The molecule has 2 aromatic carbocycles. The van der Waals surface area contributed by atoms with Crippen LogP contribution in [0.4, 0.5) is 0 Å². The zero-order chi connectivity index (χ0) is 18.7. The Morgan fingerprint density at radius 1 is 0.815 bits per heavy atom. The predicted molar refractivity (Wildman–Crippen MR) is 116 cm³/mol. The number of fused-ring (bicyclic) bond motifs is 2. The van der Waals surface area contributed by atoms with Crippen LogP contribution in [0.2, 0.25) is 0 Å². The summed E-state index contributed by atoms with van der Waals surface area (Å²) >= 11 is 0. The minimum absolute atomic E-state index is 0.169. The highest BCUT2D eigenvalue weighted by molar-refractivity contribution is 5.66. The summed E-state index contributed by atoms with van der Waals surface area (Å²) in [6.07, 6.45) is 20.7. The van der Waals surface area contributed by atoms with Crippen LogP contribution in [0.25, 0.3) is 12.2 Å². The number of allylic oxidation sites excluding steroid dienone is 2. The highest BCUT2D eigenvalue weighted by atomic mass is 14.5. The topological polar surface area (TPSA) is 0 Å². The number of unbranched alkanes of at least 4 members (excludes halogenated alkanes) is 3. The zero-order valence-electron chi connectivity index (χ0n) is 16.2. The lowest BCUT2D eigenvalue weighted by Gasteiger charge is -2.41. The molecule has 0 N–H and O–H groups in total. The third-order valence-corrected chi connectivity index (χ3v) is 6.56. The van der Waals surface area contributed by atoms with Crippen molar-refractivity contribution >= 4 is 12.2 Å². The van der Waals surface area contributed by atoms with Gasteiger partial charge in [-0.05, 0) is 40.5 Å². The molecule has 0 aliphatic heterocycles. The van der Waals surface area contributed by atoms with Crippen LogP contribution < -0.4 is 0 Å². The fraction of sp³-hybridized carbons (Fsp3) is 0.333. The van der Waals surface area contributed by atoms with E-state index in [1.165, 1.54) is 41.5 Å². The Balaban J connectivity index is 1.66. The molecule has 4 rings (SSSR count). The monoisotopic (exact) mass is 352 g/mol. The molecular formula is C27H28. The minimum atomic E-state index is 0.169. The van der Waals surface area contributed by atoms with Crippen LogP contribution in [-0.2, 0) is 0 Å². The molecule has 0 bridgehead atoms. The van der Waals surface area contributed by atoms with Gasteiger partial charge >= 0.3 is 0 Å². The highest BCUT2D eigenvalue weighted by Gasteiger charge is 2.43. The first-order chi connectivity index (χ1) is 13.2. The molecule has 0 aromatic heterocycles. The lowest BCUT2D eigenvalue weighted by atomic mass is 9.62. The number of hydrogen-bond acceptors (Lipinski definition) is 0. The first-order valence-corrected chi connectivity index (χ1v) is 10.2. The molecule has 0 saturated carbocycles. The third kappa shape index (κ3) is 3.28. The summed E-state index contributed by atoms with van der Waals surface area (Å²) in [6.45, 7) is 2.50. The van der Waals surface area contributed by atoms with Gasteiger partial charge in [0.2, 0.25) is 0 Å². The molecule has 0 heterocycles. The quantitative estimate of drug-likeness (QED) is 0.365. The molecule has 2 aliphatic rings. The van der Waals surface area contributed by atoms with Crippen molar-refractivity contribution in [3.63, 3.8) is 0 Å². The van der Waals surface area contributed by atoms with Gasteiger partial charge in [-0.3, -0.25) is 0 Å². The SMILES string of the molecule is C#CCCCCCC(C)(C1C=Cc2ccccc21)C1C=Cc2ccccc21. The van der Waals surface area contributed by atoms with E-state index in [-0.39, 0.29) is 5.41 Å². The molecule has 0 saturated heterocycles. The Bertz CT molecular complexity index is 844. The van der Waals surface area contributed by atoms with Gasteiger partial charge in [0.1, 0.15) is 0 Å². The standard InChI is InChI=1S/C27H28/c1-3-4-5-6-11-20-27(2,25-18-16-21-12-7-9-14-23(21)25)26-19-17-22-13-8-10-15-24(22)26/h1,7-10,12-19,25-26H,4-6,11,20H2,2H3. The number of terminal acetylenes is 1. The van der Waals surface area contributed by atoms with Gasteiger partial charge in [-0.25, -0.2) is 0 Å². The molecule has 0 radical (unpaired) electrons. The number of benzene rings is 2. The van der Waals surface area contributed by atoms with Crippen molar-refractivity contribution in [1.82, 2.24) is 0 Å². The van der Waals surface area contributed by atoms with E-state index >= 15 is 0 Å². The summed E-state index contributed by atoms with van der Waals surface area (Å²) in [5.74, 6) is 3.70. The van der Waals surface area contributed by atoms with Crippen molar-refractivity contribution in [2.24, 2.45) is 5.41 Å². The Kier molecular flexibility index (Phi) is 5.04. The van der Waals surface area contributed by atoms with E-state index in [4.69, 9.17) is 6.42 Å². The second-order valence-corrected chi connectivity index (χ2v) is 8.20. The molecular weight excluding hydrogens is 324 g/mol. The molecule has 0 spiro atoms. The Hall–Kier alpha value is -2.52. The van der Waals surface area contributed by atoms with Gasteiger partial charge in [-0.15, -0.1) is 12.3 Å². The summed E-state index contributed by atoms with van der Waals surface area (Å²) in [5.41, 5.74) is 5.91. The molecule has 2 aromatic rings. The van der Waals surface area contributed by atoms with E-state index in [9.17, 15) is 0 Å². The summed E-state index contributed by atoms with van der Waals surface area (Å²) < 4.78 is 0. The van der Waals surface area contributed by atoms with E-state index in [0.29, 0.717) is 11.8 Å². The lowest BCUT2D eigenvalue weighted by molar-refractivity contribution is 0.225. The highest BCUT2D eigenvalue weighted by Crippen LogP contribution is 2.56. The van der Waals surface area contributed by atoms with E-state index < -0.39 is 0 Å². The van der Waals surface area contributed by atoms with Crippen molar-refractivity contribution in [3.8, 4) is 12.3 Å². The molecule has 27 heavy (non-hydrogen) atoms. The van der Waals surface area contributed by atoms with Crippen LogP contribution in [0.15, 0.2) is 60.7 Å². The van der Waals surface area contributed by atoms with Gasteiger partial charge < -0.3 is 0 Å². The Morgan fingerprint density at radius 3 is 1.93 bits per heavy atom. The van der Waals surface area contributed by atoms with Gasteiger partial charge in [0, 0.05) is 18.3 Å². The molecule has 0 heteroatoms. The average Bonchev–Trinajstić information content (AvgIpc) is 3.32. The first-order valence-electron chi connectivity index (χ1n) is 10.2. The maximum Gasteiger partial charge on any atom is 0.00899 e. The average molecular weight is 353 g/mol. The van der Waals surface area contributed by atoms with Crippen LogP contribution >= 0.6 is 0 Å². The molecule has 0 nitrogen and oxygen atoms in total. The number of hydrogen-bond donors (Lipinski definition) is 0. The molecule has 2 atom stereocenters. The Morgan fingerprint density at radius 2 is 1.37 bits per heavy atom. The molecule has 2 aliphatic carbocycles. The van der Waals surface area contributed by atoms with Gasteiger partial charge in [0.05, 0.1) is 0 Å². The van der Waals surface area contributed by atoms with E-state index in [2.05, 4.69) is 85.7 Å². The maximum absolute atomic E-state index is 5.43. The molecule has 0 amide bonds. The van der Waals surface area contributed by atoms with Gasteiger partial charge in [0.15, 0.2) is 0 Å². The van der Waals surface area contributed by atoms with Gasteiger partial charge in [-0.1, -0.05) is 92.6 Å². The molecule has 2 unspecified atom stereocenters. The first kappa shape index (κ1) is 17.9. The fourth-order valence-electron chi connectivity index (χ4n) is 5.06. The summed E-state index contributed by atoms with van der Waals surface area (Å²) in [5, 5.41) is 0. The van der Waals surface area contributed by atoms with Crippen LogP contribution in [0.1, 0.15) is 73.1 Å². The minimum Gasteiger partial charge on any atom is -0.120 e. The van der Waals surface area contributed by atoms with Gasteiger partial charge in [0.25, 0.3) is 0 Å². The smallest absolute Gasteiger partial charge is 0.00899 e. The van der Waals surface area contributed by atoms with Crippen LogP contribution in [-0.4, -0.2) is 0 Å². The van der Waals surface area contributed by atoms with E-state index in [1.807, 2.05) is 0 Å². The summed E-state index contributed by atoms with van der Waals surface area (Å²) in [4.78, 5) is 0. The van der Waals surface area contributed by atoms with Crippen LogP contribution in [0, 0.1) is 17.8 Å². The number of rotatable bonds is 7. The Labute approximate surface area is 164 Å². The van der Waals surface area contributed by atoms with Crippen LogP contribution in [0.3, 0.4) is 0 Å². The van der Waals surface area contributed by atoms with Crippen molar-refractivity contribution < 1.29 is 0 Å². The second kappa shape index (κ2) is 7.61. The maximum atomic E-state index is 5.43. The molecule has 136 valence electrons. The van der Waals surface area contributed by atoms with Crippen molar-refractivity contribution in [3.05, 3.63) is 82.9 Å². The summed E-state index contributed by atoms with van der Waals surface area (Å²) in [6, 6.07) is 17.8. The normalized spacial score (nSPS) is 21.5. The summed E-state index contributed by atoms with van der Waals surface area (Å²) in [7, 11) is 0. The van der Waals surface area contributed by atoms with Crippen LogP contribution in [0.5, 0.6) is 0 Å². The molecule has 0 fully saturated rings. The van der Waals surface area contributed by atoms with E-state index in [0.717, 1.165) is 12.8 Å². The largest absolute Gasteiger partial charge is 0.120 e. The van der Waals surface area contributed by atoms with Crippen molar-refractivity contribution in [1.29, 1.82) is 0 Å². The van der Waals surface area contributed by atoms with Gasteiger partial charge in [-0.2, -0.15) is 0 Å². The van der Waals surface area contributed by atoms with Crippen molar-refractivity contribution in [2.75, 3.05) is 0 Å². The lowest BCUT2D eigenvalue weighted by Crippen LogP contribution is -2.30. The van der Waals surface area contributed by atoms with Crippen molar-refractivity contribution in [2.45, 2.75) is 50.9 Å².